The second-order valence-corrected chi connectivity index (χ2v) is 9.71. The van der Waals surface area contributed by atoms with E-state index >= 15 is 0 Å². The molecule has 0 spiro atoms. The van der Waals surface area contributed by atoms with Crippen LogP contribution < -0.4 is 16.0 Å². The lowest BCUT2D eigenvalue weighted by Gasteiger charge is -2.57. The summed E-state index contributed by atoms with van der Waals surface area (Å²) < 4.78 is 55.9. The van der Waals surface area contributed by atoms with Gasteiger partial charge in [-0.15, -0.1) is 0 Å². The number of aliphatic hydroxyl groups excluding tert-OH is 2. The van der Waals surface area contributed by atoms with E-state index in [4.69, 9.17) is 14.2 Å². The van der Waals surface area contributed by atoms with E-state index < -0.39 is 66.5 Å². The van der Waals surface area contributed by atoms with Crippen molar-refractivity contribution in [2.45, 2.75) is 74.1 Å². The molecular formula is C24H38F3N3O7. The summed E-state index contributed by atoms with van der Waals surface area (Å²) in [4.78, 5) is 0. The molecule has 212 valence electrons. The minimum absolute atomic E-state index is 0.0174. The van der Waals surface area contributed by atoms with Crippen LogP contribution in [0.4, 0.5) is 13.2 Å². The van der Waals surface area contributed by atoms with Gasteiger partial charge in [-0.3, -0.25) is 0 Å². The Hall–Kier alpha value is -1.39. The summed E-state index contributed by atoms with van der Waals surface area (Å²) in [6, 6.07) is 4.05. The summed E-state index contributed by atoms with van der Waals surface area (Å²) in [5.41, 5.74) is -1.95. The van der Waals surface area contributed by atoms with Gasteiger partial charge in [0.1, 0.15) is 17.8 Å². The van der Waals surface area contributed by atoms with Gasteiger partial charge in [-0.1, -0.05) is 12.1 Å². The molecule has 8 unspecified atom stereocenters. The lowest BCUT2D eigenvalue weighted by molar-refractivity contribution is -0.475. The molecule has 2 aliphatic heterocycles. The van der Waals surface area contributed by atoms with Gasteiger partial charge in [0.15, 0.2) is 0 Å². The van der Waals surface area contributed by atoms with Crippen LogP contribution >= 0.6 is 0 Å². The molecule has 2 heterocycles. The Bertz CT molecular complexity index is 865. The highest BCUT2D eigenvalue weighted by atomic mass is 19.4. The third kappa shape index (κ3) is 6.61. The molecule has 10 nitrogen and oxygen atoms in total. The lowest BCUT2D eigenvalue weighted by atomic mass is 9.82. The summed E-state index contributed by atoms with van der Waals surface area (Å²) in [6.45, 7) is 1.56. The highest BCUT2D eigenvalue weighted by Gasteiger charge is 2.66. The number of ether oxygens (including phenoxy) is 3. The SMILES string of the molecule is CNCC(O)C(NC)C1OC2(O)C(OC(C)CC2(O)CNCCc2ccc(C(F)(F)F)cc2)OC1CO. The van der Waals surface area contributed by atoms with Gasteiger partial charge in [-0.2, -0.15) is 13.2 Å². The third-order valence-electron chi connectivity index (χ3n) is 6.93. The molecule has 0 aliphatic carbocycles. The zero-order valence-corrected chi connectivity index (χ0v) is 21.2. The first-order valence-electron chi connectivity index (χ1n) is 12.3. The average molecular weight is 538 g/mol. The van der Waals surface area contributed by atoms with Crippen molar-refractivity contribution in [3.63, 3.8) is 0 Å². The van der Waals surface area contributed by atoms with Crippen LogP contribution in [0.1, 0.15) is 24.5 Å². The number of likely N-dealkylation sites (N-methyl/N-ethyl adjacent to an activating group) is 2. The molecule has 8 atom stereocenters. The molecule has 3 rings (SSSR count). The number of halogens is 3. The molecule has 1 aromatic rings. The van der Waals surface area contributed by atoms with Crippen molar-refractivity contribution in [1.82, 2.24) is 16.0 Å². The molecule has 0 amide bonds. The molecule has 7 N–H and O–H groups in total. The number of rotatable bonds is 11. The zero-order chi connectivity index (χ0) is 27.4. The van der Waals surface area contributed by atoms with Gasteiger partial charge in [0.05, 0.1) is 30.4 Å². The van der Waals surface area contributed by atoms with Gasteiger partial charge in [0.2, 0.25) is 12.1 Å². The highest BCUT2D eigenvalue weighted by Crippen LogP contribution is 2.44. The minimum atomic E-state index is -4.41. The second-order valence-electron chi connectivity index (χ2n) is 9.71. The molecular weight excluding hydrogens is 499 g/mol. The molecule has 0 aromatic heterocycles. The second kappa shape index (κ2) is 12.2. The van der Waals surface area contributed by atoms with E-state index in [2.05, 4.69) is 16.0 Å². The van der Waals surface area contributed by atoms with Gasteiger partial charge >= 0.3 is 6.18 Å². The van der Waals surface area contributed by atoms with E-state index in [-0.39, 0.29) is 19.5 Å². The average Bonchev–Trinajstić information content (AvgIpc) is 2.83. The quantitative estimate of drug-likeness (QED) is 0.182. The van der Waals surface area contributed by atoms with Crippen LogP contribution in [0.2, 0.25) is 0 Å². The van der Waals surface area contributed by atoms with Gasteiger partial charge in [0.25, 0.3) is 0 Å². The Morgan fingerprint density at radius 1 is 1.14 bits per heavy atom. The molecule has 2 aliphatic rings. The molecule has 1 aromatic carbocycles. The van der Waals surface area contributed by atoms with Gasteiger partial charge < -0.3 is 50.6 Å². The van der Waals surface area contributed by atoms with Crippen molar-refractivity contribution in [3.05, 3.63) is 35.4 Å². The fourth-order valence-electron chi connectivity index (χ4n) is 4.95. The van der Waals surface area contributed by atoms with Crippen molar-refractivity contribution in [1.29, 1.82) is 0 Å². The van der Waals surface area contributed by atoms with E-state index in [0.717, 1.165) is 12.1 Å². The van der Waals surface area contributed by atoms with Gasteiger partial charge in [0, 0.05) is 19.5 Å². The van der Waals surface area contributed by atoms with Crippen molar-refractivity contribution in [3.8, 4) is 0 Å². The van der Waals surface area contributed by atoms with Crippen LogP contribution in [-0.2, 0) is 26.8 Å². The Balaban J connectivity index is 1.72. The first-order chi connectivity index (χ1) is 17.4. The Labute approximate surface area is 214 Å². The smallest absolute Gasteiger partial charge is 0.394 e. The minimum Gasteiger partial charge on any atom is -0.394 e. The molecule has 0 bridgehead atoms. The molecule has 2 fully saturated rings. The summed E-state index contributed by atoms with van der Waals surface area (Å²) in [7, 11) is 3.25. The maximum absolute atomic E-state index is 12.8. The Kier molecular flexibility index (Phi) is 9.94. The van der Waals surface area contributed by atoms with Crippen molar-refractivity contribution >= 4 is 0 Å². The summed E-state index contributed by atoms with van der Waals surface area (Å²) in [6.07, 6.45) is -8.96. The fourth-order valence-corrected chi connectivity index (χ4v) is 4.95. The van der Waals surface area contributed by atoms with E-state index in [0.29, 0.717) is 18.5 Å². The highest BCUT2D eigenvalue weighted by molar-refractivity contribution is 5.24. The van der Waals surface area contributed by atoms with Crippen LogP contribution in [0.25, 0.3) is 0 Å². The van der Waals surface area contributed by atoms with Crippen LogP contribution in [0.3, 0.4) is 0 Å². The summed E-state index contributed by atoms with van der Waals surface area (Å²) in [5, 5.41) is 52.6. The largest absolute Gasteiger partial charge is 0.416 e. The Morgan fingerprint density at radius 2 is 1.81 bits per heavy atom. The predicted molar refractivity (Wildman–Crippen MR) is 126 cm³/mol. The van der Waals surface area contributed by atoms with E-state index in [1.54, 1.807) is 21.0 Å². The fraction of sp³-hybridized carbons (Fsp3) is 0.750. The van der Waals surface area contributed by atoms with Crippen LogP contribution in [0.5, 0.6) is 0 Å². The molecule has 13 heteroatoms. The number of nitrogens with one attached hydrogen (secondary N) is 3. The monoisotopic (exact) mass is 537 g/mol. The third-order valence-corrected chi connectivity index (χ3v) is 6.93. The van der Waals surface area contributed by atoms with Gasteiger partial charge in [-0.05, 0) is 51.7 Å². The maximum Gasteiger partial charge on any atom is 0.416 e. The van der Waals surface area contributed by atoms with Crippen molar-refractivity contribution in [2.24, 2.45) is 0 Å². The predicted octanol–water partition coefficient (Wildman–Crippen LogP) is -0.663. The number of hydrogen-bond donors (Lipinski definition) is 7. The standard InChI is InChI=1S/C24H38F3N3O7/c1-14-10-22(33,13-30-9-8-15-4-6-16(7-5-15)24(25,26)27)23(34)21(35-14)36-18(12-31)20(37-23)19(29-3)17(32)11-28-2/h4-7,14,17-21,28-34H,8-13H2,1-3H3. The Morgan fingerprint density at radius 3 is 2.38 bits per heavy atom. The van der Waals surface area contributed by atoms with Crippen molar-refractivity contribution < 1.29 is 47.8 Å². The van der Waals surface area contributed by atoms with Crippen LogP contribution in [0.15, 0.2) is 24.3 Å². The van der Waals surface area contributed by atoms with E-state index in [1.807, 2.05) is 0 Å². The summed E-state index contributed by atoms with van der Waals surface area (Å²) in [5.74, 6) is -2.34. The number of aliphatic hydroxyl groups is 4. The zero-order valence-electron chi connectivity index (χ0n) is 21.2. The lowest BCUT2D eigenvalue weighted by Crippen LogP contribution is -2.77. The molecule has 0 saturated carbocycles. The molecule has 2 saturated heterocycles. The van der Waals surface area contributed by atoms with E-state index in [9.17, 15) is 33.6 Å². The summed E-state index contributed by atoms with van der Waals surface area (Å²) >= 11 is 0. The number of benzene rings is 1. The van der Waals surface area contributed by atoms with Crippen LogP contribution in [-0.4, -0.2) is 109 Å². The van der Waals surface area contributed by atoms with Crippen LogP contribution in [0, 0.1) is 0 Å². The maximum atomic E-state index is 12.8. The van der Waals surface area contributed by atoms with Gasteiger partial charge in [-0.25, -0.2) is 0 Å². The van der Waals surface area contributed by atoms with Crippen molar-refractivity contribution in [2.75, 3.05) is 40.3 Å². The number of fused-ring (bicyclic) bond motifs is 1. The molecule has 37 heavy (non-hydrogen) atoms. The topological polar surface area (TPSA) is 145 Å². The number of alkyl halides is 3. The first-order valence-corrected chi connectivity index (χ1v) is 12.3. The first kappa shape index (κ1) is 30.2. The van der Waals surface area contributed by atoms with E-state index in [1.165, 1.54) is 12.1 Å². The molecule has 0 radical (unpaired) electrons. The normalized spacial score (nSPS) is 34.1. The number of hydrogen-bond acceptors (Lipinski definition) is 10.